The molecule has 0 bridgehead atoms. The van der Waals surface area contributed by atoms with Crippen LogP contribution in [-0.4, -0.2) is 24.0 Å². The second-order valence-electron chi connectivity index (χ2n) is 4.06. The van der Waals surface area contributed by atoms with E-state index in [0.717, 1.165) is 31.6 Å². The summed E-state index contributed by atoms with van der Waals surface area (Å²) in [5, 5.41) is 0.452. The fourth-order valence-corrected chi connectivity index (χ4v) is 2.21. The number of benzene rings is 1. The Morgan fingerprint density at radius 1 is 1.47 bits per heavy atom. The summed E-state index contributed by atoms with van der Waals surface area (Å²) in [6.07, 6.45) is 1.02. The SMILES string of the molecule is N[C@H]1CCN(Cc2cc(F)cc(Cl)c2)C1. The molecule has 0 spiro atoms. The van der Waals surface area contributed by atoms with Crippen molar-refractivity contribution in [2.24, 2.45) is 5.73 Å². The van der Waals surface area contributed by atoms with Crippen molar-refractivity contribution >= 4 is 11.6 Å². The van der Waals surface area contributed by atoms with Crippen molar-refractivity contribution in [3.8, 4) is 0 Å². The van der Waals surface area contributed by atoms with Gasteiger partial charge in [-0.2, -0.15) is 0 Å². The first kappa shape index (κ1) is 10.9. The highest BCUT2D eigenvalue weighted by atomic mass is 35.5. The molecular formula is C11H14ClFN2. The molecule has 2 N–H and O–H groups in total. The fraction of sp³-hybridized carbons (Fsp3) is 0.455. The van der Waals surface area contributed by atoms with Crippen LogP contribution in [0.15, 0.2) is 18.2 Å². The summed E-state index contributed by atoms with van der Waals surface area (Å²) in [7, 11) is 0. The Morgan fingerprint density at radius 2 is 2.27 bits per heavy atom. The number of rotatable bonds is 2. The van der Waals surface area contributed by atoms with Crippen LogP contribution < -0.4 is 5.73 Å². The average molecular weight is 229 g/mol. The zero-order chi connectivity index (χ0) is 10.8. The maximum absolute atomic E-state index is 13.1. The Morgan fingerprint density at radius 3 is 2.87 bits per heavy atom. The number of likely N-dealkylation sites (tertiary alicyclic amines) is 1. The standard InChI is InChI=1S/C11H14ClFN2/c12-9-3-8(4-10(13)5-9)6-15-2-1-11(14)7-15/h3-5,11H,1-2,6-7,14H2/t11-/m0/s1. The van der Waals surface area contributed by atoms with Gasteiger partial charge in [0.05, 0.1) is 0 Å². The molecule has 1 aliphatic rings. The third kappa shape index (κ3) is 2.91. The normalized spacial score (nSPS) is 22.2. The van der Waals surface area contributed by atoms with Gasteiger partial charge in [0, 0.05) is 30.7 Å². The Bertz CT molecular complexity index is 336. The summed E-state index contributed by atoms with van der Waals surface area (Å²) in [6.45, 7) is 2.59. The molecule has 0 unspecified atom stereocenters. The van der Waals surface area contributed by atoms with E-state index in [-0.39, 0.29) is 11.9 Å². The lowest BCUT2D eigenvalue weighted by Crippen LogP contribution is -2.26. The van der Waals surface area contributed by atoms with Crippen LogP contribution >= 0.6 is 11.6 Å². The van der Waals surface area contributed by atoms with Crippen LogP contribution in [0.5, 0.6) is 0 Å². The van der Waals surface area contributed by atoms with Gasteiger partial charge in [-0.3, -0.25) is 4.90 Å². The molecule has 1 saturated heterocycles. The summed E-state index contributed by atoms with van der Waals surface area (Å²) in [6, 6.07) is 4.90. The Balaban J connectivity index is 2.04. The minimum Gasteiger partial charge on any atom is -0.326 e. The van der Waals surface area contributed by atoms with E-state index >= 15 is 0 Å². The molecule has 2 rings (SSSR count). The molecule has 15 heavy (non-hydrogen) atoms. The summed E-state index contributed by atoms with van der Waals surface area (Å²) >= 11 is 5.78. The van der Waals surface area contributed by atoms with Crippen LogP contribution in [0, 0.1) is 5.82 Å². The van der Waals surface area contributed by atoms with Gasteiger partial charge in [0.2, 0.25) is 0 Å². The predicted octanol–water partition coefficient (Wildman–Crippen LogP) is 2.01. The minimum absolute atomic E-state index is 0.258. The van der Waals surface area contributed by atoms with Crippen LogP contribution in [0.25, 0.3) is 0 Å². The van der Waals surface area contributed by atoms with Gasteiger partial charge in [-0.05, 0) is 30.2 Å². The van der Waals surface area contributed by atoms with Crippen molar-refractivity contribution in [2.75, 3.05) is 13.1 Å². The van der Waals surface area contributed by atoms with Gasteiger partial charge in [0.1, 0.15) is 5.82 Å². The van der Waals surface area contributed by atoms with E-state index in [1.54, 1.807) is 6.07 Å². The number of hydrogen-bond acceptors (Lipinski definition) is 2. The lowest BCUT2D eigenvalue weighted by molar-refractivity contribution is 0.326. The fourth-order valence-electron chi connectivity index (χ4n) is 1.97. The molecule has 1 fully saturated rings. The monoisotopic (exact) mass is 228 g/mol. The van der Waals surface area contributed by atoms with Crippen molar-refractivity contribution in [3.63, 3.8) is 0 Å². The molecule has 0 aromatic heterocycles. The van der Waals surface area contributed by atoms with E-state index < -0.39 is 0 Å². The molecule has 1 heterocycles. The summed E-state index contributed by atoms with van der Waals surface area (Å²) in [4.78, 5) is 2.22. The minimum atomic E-state index is -0.277. The van der Waals surface area contributed by atoms with Gasteiger partial charge in [-0.15, -0.1) is 0 Å². The van der Waals surface area contributed by atoms with Crippen LogP contribution in [0.3, 0.4) is 0 Å². The lowest BCUT2D eigenvalue weighted by atomic mass is 10.2. The Hall–Kier alpha value is -0.640. The second-order valence-corrected chi connectivity index (χ2v) is 4.50. The first-order valence-electron chi connectivity index (χ1n) is 5.06. The zero-order valence-electron chi connectivity index (χ0n) is 8.42. The molecule has 1 aromatic rings. The van der Waals surface area contributed by atoms with Crippen LogP contribution in [0.1, 0.15) is 12.0 Å². The van der Waals surface area contributed by atoms with E-state index in [0.29, 0.717) is 5.02 Å². The summed E-state index contributed by atoms with van der Waals surface area (Å²) in [5.74, 6) is -0.277. The van der Waals surface area contributed by atoms with Crippen LogP contribution in [0.2, 0.25) is 5.02 Å². The Kier molecular flexibility index (Phi) is 3.24. The molecule has 1 aromatic carbocycles. The molecule has 1 aliphatic heterocycles. The van der Waals surface area contributed by atoms with E-state index in [9.17, 15) is 4.39 Å². The lowest BCUT2D eigenvalue weighted by Gasteiger charge is -2.15. The summed E-state index contributed by atoms with van der Waals surface area (Å²) in [5.41, 5.74) is 6.71. The molecule has 2 nitrogen and oxygen atoms in total. The van der Waals surface area contributed by atoms with E-state index in [1.165, 1.54) is 12.1 Å². The van der Waals surface area contributed by atoms with Gasteiger partial charge in [0.25, 0.3) is 0 Å². The number of nitrogens with two attached hydrogens (primary N) is 1. The van der Waals surface area contributed by atoms with Gasteiger partial charge in [-0.1, -0.05) is 11.6 Å². The first-order valence-corrected chi connectivity index (χ1v) is 5.44. The molecule has 82 valence electrons. The Labute approximate surface area is 93.8 Å². The van der Waals surface area contributed by atoms with Crippen molar-refractivity contribution in [1.29, 1.82) is 0 Å². The third-order valence-electron chi connectivity index (χ3n) is 2.64. The molecule has 0 amide bonds. The zero-order valence-corrected chi connectivity index (χ0v) is 9.17. The number of halogens is 2. The van der Waals surface area contributed by atoms with Crippen molar-refractivity contribution < 1.29 is 4.39 Å². The quantitative estimate of drug-likeness (QED) is 0.839. The second kappa shape index (κ2) is 4.47. The molecule has 4 heteroatoms. The van der Waals surface area contributed by atoms with Crippen LogP contribution in [0.4, 0.5) is 4.39 Å². The molecule has 0 saturated carbocycles. The predicted molar refractivity (Wildman–Crippen MR) is 59.3 cm³/mol. The van der Waals surface area contributed by atoms with Gasteiger partial charge in [0.15, 0.2) is 0 Å². The van der Waals surface area contributed by atoms with Gasteiger partial charge in [-0.25, -0.2) is 4.39 Å². The maximum Gasteiger partial charge on any atom is 0.125 e. The van der Waals surface area contributed by atoms with E-state index in [4.69, 9.17) is 17.3 Å². The average Bonchev–Trinajstić information content (AvgIpc) is 2.49. The number of hydrogen-bond donors (Lipinski definition) is 1. The molecule has 0 radical (unpaired) electrons. The molecule has 0 aliphatic carbocycles. The van der Waals surface area contributed by atoms with Crippen LogP contribution in [-0.2, 0) is 6.54 Å². The highest BCUT2D eigenvalue weighted by molar-refractivity contribution is 6.30. The van der Waals surface area contributed by atoms with E-state index in [1.807, 2.05) is 0 Å². The number of nitrogens with zero attached hydrogens (tertiary/aromatic N) is 1. The van der Waals surface area contributed by atoms with Gasteiger partial charge >= 0.3 is 0 Å². The van der Waals surface area contributed by atoms with Crippen molar-refractivity contribution in [2.45, 2.75) is 19.0 Å². The highest BCUT2D eigenvalue weighted by Gasteiger charge is 2.18. The topological polar surface area (TPSA) is 29.3 Å². The van der Waals surface area contributed by atoms with Crippen molar-refractivity contribution in [3.05, 3.63) is 34.6 Å². The van der Waals surface area contributed by atoms with Gasteiger partial charge < -0.3 is 5.73 Å². The third-order valence-corrected chi connectivity index (χ3v) is 2.86. The van der Waals surface area contributed by atoms with E-state index in [2.05, 4.69) is 4.90 Å². The maximum atomic E-state index is 13.1. The largest absolute Gasteiger partial charge is 0.326 e. The molecule has 1 atom stereocenters. The van der Waals surface area contributed by atoms with Crippen molar-refractivity contribution in [1.82, 2.24) is 4.90 Å². The smallest absolute Gasteiger partial charge is 0.125 e. The first-order chi connectivity index (χ1) is 7.13. The molecular weight excluding hydrogens is 215 g/mol. The highest BCUT2D eigenvalue weighted by Crippen LogP contribution is 2.17. The summed E-state index contributed by atoms with van der Waals surface area (Å²) < 4.78 is 13.1.